The van der Waals surface area contributed by atoms with E-state index in [1.165, 1.54) is 6.07 Å². The molecular weight excluding hydrogens is 411 g/mol. The van der Waals surface area contributed by atoms with E-state index in [1.54, 1.807) is 32.9 Å². The first-order valence-corrected chi connectivity index (χ1v) is 11.0. The lowest BCUT2D eigenvalue weighted by molar-refractivity contribution is -0.385. The number of hydrogen-bond donors (Lipinski definition) is 0. The van der Waals surface area contributed by atoms with Crippen molar-refractivity contribution in [3.8, 4) is 0 Å². The van der Waals surface area contributed by atoms with Crippen LogP contribution in [0.5, 0.6) is 0 Å². The summed E-state index contributed by atoms with van der Waals surface area (Å²) in [5.74, 6) is 0. The van der Waals surface area contributed by atoms with E-state index < -0.39 is 11.9 Å². The standard InChI is InChI=1S/C24H28BF2N3O2/c1-8-18-14(4)23-22(20-11-10-13(3)12-21(20)30(31)32)24-15(5)19(9-2)17(7)29(24)25(26,27)28(23)16(18)6/h10-12H,8-9H2,1-7H3. The molecule has 0 radical (unpaired) electrons. The first-order chi connectivity index (χ1) is 15.0. The summed E-state index contributed by atoms with van der Waals surface area (Å²) in [6, 6.07) is 5.03. The molecule has 1 aromatic carbocycles. The smallest absolute Gasteiger partial charge is 0.393 e. The van der Waals surface area contributed by atoms with Crippen LogP contribution in [-0.4, -0.2) is 26.6 Å². The normalized spacial score (nSPS) is 17.3. The van der Waals surface area contributed by atoms with E-state index >= 15 is 8.63 Å². The highest BCUT2D eigenvalue weighted by atomic mass is 19.2. The monoisotopic (exact) mass is 439 g/mol. The minimum absolute atomic E-state index is 0.0663. The third-order valence-electron chi connectivity index (χ3n) is 7.12. The average Bonchev–Trinajstić information content (AvgIpc) is 3.13. The van der Waals surface area contributed by atoms with Gasteiger partial charge >= 0.3 is 6.97 Å². The van der Waals surface area contributed by atoms with Gasteiger partial charge in [-0.3, -0.25) is 10.1 Å². The lowest BCUT2D eigenvalue weighted by Crippen LogP contribution is -2.51. The van der Waals surface area contributed by atoms with Gasteiger partial charge in [-0.2, -0.15) is 0 Å². The van der Waals surface area contributed by atoms with E-state index in [-0.39, 0.29) is 5.69 Å². The van der Waals surface area contributed by atoms with Gasteiger partial charge in [-0.15, -0.1) is 0 Å². The molecule has 0 saturated carbocycles. The summed E-state index contributed by atoms with van der Waals surface area (Å²) in [6.45, 7) is 8.70. The Kier molecular flexibility index (Phi) is 5.03. The van der Waals surface area contributed by atoms with Crippen LogP contribution in [0.25, 0.3) is 5.57 Å². The van der Waals surface area contributed by atoms with Crippen molar-refractivity contribution in [3.05, 3.63) is 78.8 Å². The summed E-state index contributed by atoms with van der Waals surface area (Å²) in [7, 11) is 0. The quantitative estimate of drug-likeness (QED) is 0.329. The van der Waals surface area contributed by atoms with E-state index in [2.05, 4.69) is 0 Å². The average molecular weight is 439 g/mol. The van der Waals surface area contributed by atoms with Crippen LogP contribution in [0.2, 0.25) is 0 Å². The second-order valence-corrected chi connectivity index (χ2v) is 8.76. The summed E-state index contributed by atoms with van der Waals surface area (Å²) >= 11 is 0. The van der Waals surface area contributed by atoms with Gasteiger partial charge in [-0.25, -0.2) is 0 Å². The van der Waals surface area contributed by atoms with Crippen LogP contribution in [-0.2, 0) is 6.42 Å². The van der Waals surface area contributed by atoms with E-state index in [0.717, 1.165) is 36.8 Å². The van der Waals surface area contributed by atoms with Crippen molar-refractivity contribution >= 4 is 23.9 Å². The fourth-order valence-corrected chi connectivity index (χ4v) is 5.74. The van der Waals surface area contributed by atoms with Crippen molar-refractivity contribution in [2.45, 2.75) is 61.3 Å². The van der Waals surface area contributed by atoms with E-state index in [1.807, 2.05) is 27.7 Å². The molecule has 2 aliphatic heterocycles. The van der Waals surface area contributed by atoms with Crippen molar-refractivity contribution in [3.63, 3.8) is 0 Å². The number of fused-ring (bicyclic) bond motifs is 2. The summed E-state index contributed by atoms with van der Waals surface area (Å²) in [5.41, 5.74) is 6.67. The highest BCUT2D eigenvalue weighted by molar-refractivity contribution is 6.58. The molecule has 0 N–H and O–H groups in total. The van der Waals surface area contributed by atoms with E-state index in [4.69, 9.17) is 0 Å². The zero-order valence-electron chi connectivity index (χ0n) is 19.6. The van der Waals surface area contributed by atoms with Gasteiger partial charge in [-0.1, -0.05) is 19.9 Å². The van der Waals surface area contributed by atoms with Crippen LogP contribution in [0.15, 0.2) is 35.0 Å². The number of benzene rings is 1. The number of halogens is 2. The Morgan fingerprint density at radius 1 is 1.09 bits per heavy atom. The molecule has 4 rings (SSSR count). The Bertz CT molecular complexity index is 1300. The van der Waals surface area contributed by atoms with Crippen molar-refractivity contribution in [1.82, 2.24) is 4.48 Å². The molecule has 2 aliphatic rings. The second-order valence-electron chi connectivity index (χ2n) is 8.76. The first-order valence-electron chi connectivity index (χ1n) is 11.0. The summed E-state index contributed by atoms with van der Waals surface area (Å²) in [4.78, 5) is 11.6. The molecule has 32 heavy (non-hydrogen) atoms. The predicted molar refractivity (Wildman–Crippen MR) is 124 cm³/mol. The Morgan fingerprint density at radius 3 is 2.31 bits per heavy atom. The first kappa shape index (κ1) is 22.2. The molecule has 168 valence electrons. The maximum atomic E-state index is 16.2. The van der Waals surface area contributed by atoms with Crippen molar-refractivity contribution in [1.29, 1.82) is 0 Å². The largest absolute Gasteiger partial charge is 0.737 e. The number of nitro groups is 1. The lowest BCUT2D eigenvalue weighted by atomic mass is 9.83. The molecule has 5 nitrogen and oxygen atoms in total. The molecule has 0 atom stereocenters. The molecule has 8 heteroatoms. The number of nitrogens with zero attached hydrogens (tertiary/aromatic N) is 3. The molecule has 0 spiro atoms. The van der Waals surface area contributed by atoms with E-state index in [9.17, 15) is 10.1 Å². The SMILES string of the molecule is CCC1=C(C)C2=C(c3ccc(C)cc3[N+](=O)[O-])c3c(C)c(CC)c(C)n3[B-](F)(F)[N+]2=C1C. The molecule has 3 heterocycles. The topological polar surface area (TPSA) is 51.1 Å². The van der Waals surface area contributed by atoms with Crippen molar-refractivity contribution in [2.24, 2.45) is 0 Å². The Balaban J connectivity index is 2.28. The van der Waals surface area contributed by atoms with Crippen LogP contribution >= 0.6 is 0 Å². The Morgan fingerprint density at radius 2 is 1.75 bits per heavy atom. The predicted octanol–water partition coefficient (Wildman–Crippen LogP) is 6.09. The number of aromatic nitrogens is 1. The molecule has 0 aliphatic carbocycles. The molecule has 0 saturated heterocycles. The maximum Gasteiger partial charge on any atom is 0.737 e. The van der Waals surface area contributed by atoms with Gasteiger partial charge in [0.1, 0.15) is 5.71 Å². The fourth-order valence-electron chi connectivity index (χ4n) is 5.74. The number of nitro benzene ring substituents is 1. The molecule has 1 aromatic heterocycles. The Hall–Kier alpha value is -3.03. The van der Waals surface area contributed by atoms with Crippen LogP contribution in [0.3, 0.4) is 0 Å². The third-order valence-corrected chi connectivity index (χ3v) is 7.12. The molecule has 0 bridgehead atoms. The number of hydrogen-bond acceptors (Lipinski definition) is 2. The molecule has 2 aromatic rings. The van der Waals surface area contributed by atoms with Gasteiger partial charge in [0, 0.05) is 29.8 Å². The molecule has 0 unspecified atom stereocenters. The number of allylic oxidation sites excluding steroid dienone is 2. The molecule has 0 fully saturated rings. The zero-order valence-corrected chi connectivity index (χ0v) is 19.6. The van der Waals surface area contributed by atoms with Crippen molar-refractivity contribution < 1.29 is 18.0 Å². The van der Waals surface area contributed by atoms with Crippen LogP contribution in [0, 0.1) is 30.9 Å². The second kappa shape index (κ2) is 7.25. The summed E-state index contributed by atoms with van der Waals surface area (Å²) in [5, 5.41) is 12.0. The molecule has 0 amide bonds. The highest BCUT2D eigenvalue weighted by Gasteiger charge is 2.57. The minimum atomic E-state index is -4.15. The van der Waals surface area contributed by atoms with Gasteiger partial charge in [0.25, 0.3) is 5.69 Å². The molecular formula is C24H28BF2N3O2. The van der Waals surface area contributed by atoms with Gasteiger partial charge < -0.3 is 17.6 Å². The van der Waals surface area contributed by atoms with Crippen LogP contribution in [0.4, 0.5) is 14.3 Å². The lowest BCUT2D eigenvalue weighted by Gasteiger charge is -2.34. The van der Waals surface area contributed by atoms with E-state index in [0.29, 0.717) is 46.8 Å². The van der Waals surface area contributed by atoms with Gasteiger partial charge in [0.05, 0.1) is 16.1 Å². The van der Waals surface area contributed by atoms with Gasteiger partial charge in [0.2, 0.25) is 0 Å². The Labute approximate surface area is 187 Å². The minimum Gasteiger partial charge on any atom is -0.393 e. The van der Waals surface area contributed by atoms with Gasteiger partial charge in [0.15, 0.2) is 5.70 Å². The fraction of sp³-hybridized carbons (Fsp3) is 0.375. The summed E-state index contributed by atoms with van der Waals surface area (Å²) < 4.78 is 34.7. The number of aryl methyl sites for hydroxylation is 1. The third kappa shape index (κ3) is 2.71. The zero-order chi connectivity index (χ0) is 23.7. The van der Waals surface area contributed by atoms with Gasteiger partial charge in [-0.05, 0) is 69.0 Å². The van der Waals surface area contributed by atoms with Crippen molar-refractivity contribution in [2.75, 3.05) is 0 Å². The van der Waals surface area contributed by atoms with Crippen LogP contribution < -0.4 is 0 Å². The highest BCUT2D eigenvalue weighted by Crippen LogP contribution is 2.48. The maximum absolute atomic E-state index is 16.2. The number of rotatable bonds is 4. The van der Waals surface area contributed by atoms with Crippen LogP contribution in [0.1, 0.15) is 67.8 Å². The summed E-state index contributed by atoms with van der Waals surface area (Å²) in [6.07, 6.45) is 1.22.